The molecule has 0 amide bonds. The Morgan fingerprint density at radius 1 is 1.25 bits per heavy atom. The van der Waals surface area contributed by atoms with Crippen LogP contribution in [0.25, 0.3) is 0 Å². The molecule has 0 radical (unpaired) electrons. The summed E-state index contributed by atoms with van der Waals surface area (Å²) < 4.78 is 28.0. The zero-order valence-electron chi connectivity index (χ0n) is 9.98. The summed E-state index contributed by atoms with van der Waals surface area (Å²) in [7, 11) is -3.27. The lowest BCUT2D eigenvalue weighted by atomic mass is 10.2. The largest absolute Gasteiger partial charge is 0.328 e. The molecule has 5 nitrogen and oxygen atoms in total. The normalized spacial score (nSPS) is 21.6. The molecule has 0 aromatic heterocycles. The maximum Gasteiger partial charge on any atom is 0.279 e. The van der Waals surface area contributed by atoms with Gasteiger partial charge in [0, 0.05) is 25.7 Å². The lowest BCUT2D eigenvalue weighted by molar-refractivity contribution is 0.413. The van der Waals surface area contributed by atoms with Crippen molar-refractivity contribution >= 4 is 10.2 Å². The smallest absolute Gasteiger partial charge is 0.279 e. The first-order chi connectivity index (χ1) is 7.52. The van der Waals surface area contributed by atoms with Crippen molar-refractivity contribution in [3.05, 3.63) is 0 Å². The van der Waals surface area contributed by atoms with Crippen LogP contribution in [-0.2, 0) is 10.2 Å². The van der Waals surface area contributed by atoms with E-state index in [4.69, 9.17) is 5.73 Å². The topological polar surface area (TPSA) is 75.4 Å². The van der Waals surface area contributed by atoms with Crippen LogP contribution in [0.3, 0.4) is 0 Å². The Hall–Kier alpha value is -0.170. The number of hydrogen-bond acceptors (Lipinski definition) is 3. The van der Waals surface area contributed by atoms with Gasteiger partial charge in [-0.2, -0.15) is 12.7 Å². The monoisotopic (exact) mass is 249 g/mol. The zero-order valence-corrected chi connectivity index (χ0v) is 10.8. The zero-order chi connectivity index (χ0) is 12.0. The van der Waals surface area contributed by atoms with Crippen LogP contribution in [0.2, 0.25) is 0 Å². The minimum absolute atomic E-state index is 0.0341. The van der Waals surface area contributed by atoms with Crippen LogP contribution < -0.4 is 10.5 Å². The molecular formula is C10H23N3O2S. The Morgan fingerprint density at radius 2 is 1.81 bits per heavy atom. The summed E-state index contributed by atoms with van der Waals surface area (Å²) in [4.78, 5) is 0. The van der Waals surface area contributed by atoms with Gasteiger partial charge < -0.3 is 5.73 Å². The third-order valence-electron chi connectivity index (χ3n) is 2.79. The summed E-state index contributed by atoms with van der Waals surface area (Å²) in [5.41, 5.74) is 5.58. The van der Waals surface area contributed by atoms with E-state index < -0.39 is 10.2 Å². The Balaban J connectivity index is 2.42. The first-order valence-corrected chi connectivity index (χ1v) is 7.47. The van der Waals surface area contributed by atoms with Crippen molar-refractivity contribution in [1.82, 2.24) is 9.03 Å². The summed E-state index contributed by atoms with van der Waals surface area (Å²) in [6, 6.07) is 0.0341. The lowest BCUT2D eigenvalue weighted by Gasteiger charge is -2.20. The van der Waals surface area contributed by atoms with Crippen molar-refractivity contribution in [1.29, 1.82) is 0 Å². The Labute approximate surface area is 98.6 Å². The van der Waals surface area contributed by atoms with Gasteiger partial charge in [-0.25, -0.2) is 4.72 Å². The quantitative estimate of drug-likeness (QED) is 0.742. The Morgan fingerprint density at radius 3 is 2.31 bits per heavy atom. The van der Waals surface area contributed by atoms with Gasteiger partial charge in [-0.05, 0) is 26.2 Å². The molecule has 3 N–H and O–H groups in total. The molecule has 0 aliphatic carbocycles. The van der Waals surface area contributed by atoms with Crippen molar-refractivity contribution < 1.29 is 8.42 Å². The van der Waals surface area contributed by atoms with E-state index in [2.05, 4.69) is 4.72 Å². The molecule has 1 fully saturated rings. The summed E-state index contributed by atoms with van der Waals surface area (Å²) in [6.07, 6.45) is 4.87. The Bertz CT molecular complexity index is 282. The molecule has 1 saturated heterocycles. The Kier molecular flexibility index (Phi) is 5.68. The van der Waals surface area contributed by atoms with Crippen LogP contribution in [0.15, 0.2) is 0 Å². The molecule has 6 heteroatoms. The van der Waals surface area contributed by atoms with Crippen molar-refractivity contribution in [3.63, 3.8) is 0 Å². The van der Waals surface area contributed by atoms with Crippen LogP contribution in [-0.4, -0.2) is 38.4 Å². The molecule has 96 valence electrons. The van der Waals surface area contributed by atoms with Crippen LogP contribution >= 0.6 is 0 Å². The molecule has 1 heterocycles. The third-order valence-corrected chi connectivity index (χ3v) is 4.40. The van der Waals surface area contributed by atoms with Crippen LogP contribution in [0.5, 0.6) is 0 Å². The van der Waals surface area contributed by atoms with Crippen LogP contribution in [0.1, 0.15) is 39.0 Å². The summed E-state index contributed by atoms with van der Waals surface area (Å²) >= 11 is 0. The highest BCUT2D eigenvalue weighted by atomic mass is 32.2. The molecule has 0 unspecified atom stereocenters. The van der Waals surface area contributed by atoms with Crippen molar-refractivity contribution in [3.8, 4) is 0 Å². The number of nitrogens with one attached hydrogen (secondary N) is 1. The first-order valence-electron chi connectivity index (χ1n) is 6.02. The summed E-state index contributed by atoms with van der Waals surface area (Å²) in [6.45, 7) is 3.59. The van der Waals surface area contributed by atoms with E-state index in [1.54, 1.807) is 4.31 Å². The van der Waals surface area contributed by atoms with Gasteiger partial charge in [0.2, 0.25) is 0 Å². The number of nitrogens with two attached hydrogens (primary N) is 1. The SMILES string of the molecule is C[C@H](N)CCNS(=O)(=O)N1CCCCCC1. The van der Waals surface area contributed by atoms with E-state index >= 15 is 0 Å². The molecule has 1 atom stereocenters. The lowest BCUT2D eigenvalue weighted by Crippen LogP contribution is -2.42. The number of hydrogen-bond donors (Lipinski definition) is 2. The van der Waals surface area contributed by atoms with E-state index in [9.17, 15) is 8.42 Å². The summed E-state index contributed by atoms with van der Waals surface area (Å²) in [5, 5.41) is 0. The van der Waals surface area contributed by atoms with Gasteiger partial charge in [0.1, 0.15) is 0 Å². The van der Waals surface area contributed by atoms with Gasteiger partial charge in [-0.15, -0.1) is 0 Å². The van der Waals surface area contributed by atoms with Gasteiger partial charge >= 0.3 is 0 Å². The fourth-order valence-electron chi connectivity index (χ4n) is 1.79. The van der Waals surface area contributed by atoms with E-state index in [0.29, 0.717) is 26.1 Å². The molecule has 0 bridgehead atoms. The molecular weight excluding hydrogens is 226 g/mol. The average Bonchev–Trinajstić information content (AvgIpc) is 2.44. The van der Waals surface area contributed by atoms with E-state index in [0.717, 1.165) is 25.7 Å². The molecule has 1 aliphatic heterocycles. The van der Waals surface area contributed by atoms with Crippen LogP contribution in [0, 0.1) is 0 Å². The minimum Gasteiger partial charge on any atom is -0.328 e. The van der Waals surface area contributed by atoms with Crippen molar-refractivity contribution in [2.24, 2.45) is 5.73 Å². The van der Waals surface area contributed by atoms with Gasteiger partial charge in [-0.1, -0.05) is 12.8 Å². The third kappa shape index (κ3) is 4.78. The molecule has 0 spiro atoms. The molecule has 0 saturated carbocycles. The number of rotatable bonds is 5. The van der Waals surface area contributed by atoms with Gasteiger partial charge in [0.15, 0.2) is 0 Å². The van der Waals surface area contributed by atoms with Crippen molar-refractivity contribution in [2.45, 2.75) is 45.1 Å². The van der Waals surface area contributed by atoms with Crippen LogP contribution in [0.4, 0.5) is 0 Å². The fraction of sp³-hybridized carbons (Fsp3) is 1.00. The van der Waals surface area contributed by atoms with Gasteiger partial charge in [0.05, 0.1) is 0 Å². The average molecular weight is 249 g/mol. The second-order valence-corrected chi connectivity index (χ2v) is 6.23. The summed E-state index contributed by atoms with van der Waals surface area (Å²) in [5.74, 6) is 0. The predicted octanol–water partition coefficient (Wildman–Crippen LogP) is 0.434. The second-order valence-electron chi connectivity index (χ2n) is 4.48. The van der Waals surface area contributed by atoms with Crippen molar-refractivity contribution in [2.75, 3.05) is 19.6 Å². The first kappa shape index (κ1) is 13.9. The molecule has 1 aliphatic rings. The molecule has 0 aromatic carbocycles. The fourth-order valence-corrected chi connectivity index (χ4v) is 3.09. The van der Waals surface area contributed by atoms with Gasteiger partial charge in [0.25, 0.3) is 10.2 Å². The highest BCUT2D eigenvalue weighted by Gasteiger charge is 2.21. The molecule has 16 heavy (non-hydrogen) atoms. The van der Waals surface area contributed by atoms with E-state index in [1.165, 1.54) is 0 Å². The maximum atomic E-state index is 11.9. The van der Waals surface area contributed by atoms with Gasteiger partial charge in [-0.3, -0.25) is 0 Å². The highest BCUT2D eigenvalue weighted by Crippen LogP contribution is 2.12. The van der Waals surface area contributed by atoms with E-state index in [1.807, 2.05) is 6.92 Å². The maximum absolute atomic E-state index is 11.9. The minimum atomic E-state index is -3.27. The second kappa shape index (κ2) is 6.54. The number of nitrogens with zero attached hydrogens (tertiary/aromatic N) is 1. The van der Waals surface area contributed by atoms with E-state index in [-0.39, 0.29) is 6.04 Å². The standard InChI is InChI=1S/C10H23N3O2S/c1-10(11)6-7-12-16(14,15)13-8-4-2-3-5-9-13/h10,12H,2-9,11H2,1H3/t10-/m0/s1. The molecule has 0 aromatic rings. The predicted molar refractivity (Wildman–Crippen MR) is 65.2 cm³/mol. The highest BCUT2D eigenvalue weighted by molar-refractivity contribution is 7.87. The molecule has 1 rings (SSSR count).